The Bertz CT molecular complexity index is 568. The molecule has 0 saturated carbocycles. The van der Waals surface area contributed by atoms with Crippen LogP contribution in [0, 0.1) is 5.82 Å². The van der Waals surface area contributed by atoms with Crippen LogP contribution in [0.2, 0.25) is 0 Å². The third-order valence-electron chi connectivity index (χ3n) is 2.91. The van der Waals surface area contributed by atoms with E-state index in [1.165, 1.54) is 10.9 Å². The van der Waals surface area contributed by atoms with E-state index < -0.39 is 0 Å². The van der Waals surface area contributed by atoms with Crippen LogP contribution in [0.5, 0.6) is 0 Å². The van der Waals surface area contributed by atoms with E-state index in [0.717, 1.165) is 10.0 Å². The van der Waals surface area contributed by atoms with Crippen LogP contribution in [0.15, 0.2) is 34.1 Å². The zero-order chi connectivity index (χ0) is 14.0. The van der Waals surface area contributed by atoms with E-state index in [9.17, 15) is 4.39 Å². The number of rotatable bonds is 4. The molecule has 0 radical (unpaired) electrons. The second kappa shape index (κ2) is 6.03. The van der Waals surface area contributed by atoms with Crippen molar-refractivity contribution in [3.8, 4) is 0 Å². The Kier molecular flexibility index (Phi) is 4.60. The van der Waals surface area contributed by atoms with Gasteiger partial charge in [0.05, 0.1) is 12.2 Å². The SMILES string of the molecule is CC(N)c1cccc(F)c1N(C)Cc1cc(Br)cs1. The molecule has 2 nitrogen and oxygen atoms in total. The molecule has 0 aliphatic heterocycles. The van der Waals surface area contributed by atoms with Gasteiger partial charge in [0.15, 0.2) is 0 Å². The van der Waals surface area contributed by atoms with Crippen LogP contribution in [-0.4, -0.2) is 7.05 Å². The lowest BCUT2D eigenvalue weighted by Crippen LogP contribution is -2.21. The number of hydrogen-bond donors (Lipinski definition) is 1. The minimum Gasteiger partial charge on any atom is -0.367 e. The number of nitrogens with two attached hydrogens (primary N) is 1. The lowest BCUT2D eigenvalue weighted by atomic mass is 10.1. The summed E-state index contributed by atoms with van der Waals surface area (Å²) in [4.78, 5) is 3.08. The molecule has 1 atom stereocenters. The number of para-hydroxylation sites is 1. The summed E-state index contributed by atoms with van der Waals surface area (Å²) in [5.74, 6) is -0.229. The zero-order valence-electron chi connectivity index (χ0n) is 10.9. The van der Waals surface area contributed by atoms with Gasteiger partial charge in [0.1, 0.15) is 5.82 Å². The van der Waals surface area contributed by atoms with E-state index in [0.29, 0.717) is 12.2 Å². The predicted octanol–water partition coefficient (Wildman–Crippen LogP) is 4.31. The van der Waals surface area contributed by atoms with E-state index in [1.807, 2.05) is 36.4 Å². The molecule has 2 rings (SSSR count). The van der Waals surface area contributed by atoms with E-state index in [4.69, 9.17) is 5.73 Å². The molecule has 0 spiro atoms. The Hall–Kier alpha value is -0.910. The van der Waals surface area contributed by atoms with Crippen molar-refractivity contribution >= 4 is 33.0 Å². The van der Waals surface area contributed by atoms with Gasteiger partial charge in [-0.25, -0.2) is 4.39 Å². The molecule has 0 amide bonds. The molecule has 0 bridgehead atoms. The van der Waals surface area contributed by atoms with Crippen LogP contribution in [-0.2, 0) is 6.54 Å². The molecule has 5 heteroatoms. The Morgan fingerprint density at radius 2 is 2.21 bits per heavy atom. The summed E-state index contributed by atoms with van der Waals surface area (Å²) in [6, 6.07) is 6.91. The molecule has 0 saturated heterocycles. The van der Waals surface area contributed by atoms with Crippen molar-refractivity contribution in [2.75, 3.05) is 11.9 Å². The number of benzene rings is 1. The first-order valence-corrected chi connectivity index (χ1v) is 7.64. The largest absolute Gasteiger partial charge is 0.367 e. The summed E-state index contributed by atoms with van der Waals surface area (Å²) < 4.78 is 15.1. The minimum absolute atomic E-state index is 0.191. The highest BCUT2D eigenvalue weighted by Crippen LogP contribution is 2.30. The molecule has 2 aromatic rings. The smallest absolute Gasteiger partial charge is 0.146 e. The summed E-state index contributed by atoms with van der Waals surface area (Å²) in [6.07, 6.45) is 0. The van der Waals surface area contributed by atoms with Crippen LogP contribution >= 0.6 is 27.3 Å². The van der Waals surface area contributed by atoms with Gasteiger partial charge in [-0.15, -0.1) is 11.3 Å². The second-order valence-corrected chi connectivity index (χ2v) is 6.47. The van der Waals surface area contributed by atoms with Crippen LogP contribution in [0.4, 0.5) is 10.1 Å². The maximum Gasteiger partial charge on any atom is 0.146 e. The molecule has 19 heavy (non-hydrogen) atoms. The molecule has 0 fully saturated rings. The molecule has 0 aliphatic carbocycles. The maximum absolute atomic E-state index is 14.1. The molecule has 1 heterocycles. The minimum atomic E-state index is -0.229. The average molecular weight is 343 g/mol. The quantitative estimate of drug-likeness (QED) is 0.897. The molecular formula is C14H16BrFN2S. The van der Waals surface area contributed by atoms with Gasteiger partial charge in [0.25, 0.3) is 0 Å². The maximum atomic E-state index is 14.1. The Labute approximate surface area is 125 Å². The topological polar surface area (TPSA) is 29.3 Å². The van der Waals surface area contributed by atoms with Crippen LogP contribution < -0.4 is 10.6 Å². The number of anilines is 1. The van der Waals surface area contributed by atoms with Gasteiger partial charge in [0.2, 0.25) is 0 Å². The fourth-order valence-corrected chi connectivity index (χ4v) is 3.56. The second-order valence-electron chi connectivity index (χ2n) is 4.55. The molecular weight excluding hydrogens is 327 g/mol. The Morgan fingerprint density at radius 1 is 1.47 bits per heavy atom. The summed E-state index contributed by atoms with van der Waals surface area (Å²) in [5, 5.41) is 2.02. The Morgan fingerprint density at radius 3 is 2.79 bits per heavy atom. The third kappa shape index (κ3) is 3.35. The Balaban J connectivity index is 2.30. The fraction of sp³-hybridized carbons (Fsp3) is 0.286. The lowest BCUT2D eigenvalue weighted by molar-refractivity contribution is 0.616. The van der Waals surface area contributed by atoms with Crippen molar-refractivity contribution in [1.29, 1.82) is 0 Å². The highest BCUT2D eigenvalue weighted by atomic mass is 79.9. The first-order valence-electron chi connectivity index (χ1n) is 5.97. The number of thiophene rings is 1. The highest BCUT2D eigenvalue weighted by molar-refractivity contribution is 9.10. The molecule has 0 aliphatic rings. The van der Waals surface area contributed by atoms with Crippen molar-refractivity contribution in [2.24, 2.45) is 5.73 Å². The first kappa shape index (κ1) is 14.5. The average Bonchev–Trinajstić information content (AvgIpc) is 2.74. The number of hydrogen-bond acceptors (Lipinski definition) is 3. The van der Waals surface area contributed by atoms with Crippen LogP contribution in [0.3, 0.4) is 0 Å². The van der Waals surface area contributed by atoms with Crippen LogP contribution in [0.1, 0.15) is 23.4 Å². The van der Waals surface area contributed by atoms with E-state index >= 15 is 0 Å². The standard InChI is InChI=1S/C14H16BrFN2S/c1-9(17)12-4-3-5-13(16)14(12)18(2)7-11-6-10(15)8-19-11/h3-6,8-9H,7,17H2,1-2H3. The summed E-state index contributed by atoms with van der Waals surface area (Å²) in [7, 11) is 1.89. The van der Waals surface area contributed by atoms with Gasteiger partial charge < -0.3 is 10.6 Å². The summed E-state index contributed by atoms with van der Waals surface area (Å²) in [6.45, 7) is 2.53. The summed E-state index contributed by atoms with van der Waals surface area (Å²) in [5.41, 5.74) is 7.34. The highest BCUT2D eigenvalue weighted by Gasteiger charge is 2.16. The van der Waals surface area contributed by atoms with E-state index in [2.05, 4.69) is 15.9 Å². The zero-order valence-corrected chi connectivity index (χ0v) is 13.3. The fourth-order valence-electron chi connectivity index (χ4n) is 2.05. The molecule has 1 aromatic carbocycles. The van der Waals surface area contributed by atoms with E-state index in [-0.39, 0.29) is 11.9 Å². The van der Waals surface area contributed by atoms with Crippen molar-refractivity contribution in [1.82, 2.24) is 0 Å². The van der Waals surface area contributed by atoms with Gasteiger partial charge in [-0.3, -0.25) is 0 Å². The van der Waals surface area contributed by atoms with Crippen molar-refractivity contribution in [3.63, 3.8) is 0 Å². The predicted molar refractivity (Wildman–Crippen MR) is 83.1 cm³/mol. The van der Waals surface area contributed by atoms with Crippen molar-refractivity contribution in [3.05, 3.63) is 50.4 Å². The van der Waals surface area contributed by atoms with Gasteiger partial charge in [-0.2, -0.15) is 0 Å². The molecule has 2 N–H and O–H groups in total. The van der Waals surface area contributed by atoms with E-state index in [1.54, 1.807) is 17.4 Å². The number of nitrogens with zero attached hydrogens (tertiary/aromatic N) is 1. The third-order valence-corrected chi connectivity index (χ3v) is 4.59. The van der Waals surface area contributed by atoms with Gasteiger partial charge in [0, 0.05) is 27.8 Å². The molecule has 1 unspecified atom stereocenters. The molecule has 1 aromatic heterocycles. The molecule has 102 valence electrons. The van der Waals surface area contributed by atoms with Crippen LogP contribution in [0.25, 0.3) is 0 Å². The normalized spacial score (nSPS) is 12.5. The van der Waals surface area contributed by atoms with Gasteiger partial charge >= 0.3 is 0 Å². The first-order chi connectivity index (χ1) is 8.99. The van der Waals surface area contributed by atoms with Crippen molar-refractivity contribution < 1.29 is 4.39 Å². The van der Waals surface area contributed by atoms with Gasteiger partial charge in [-0.05, 0) is 40.5 Å². The van der Waals surface area contributed by atoms with Crippen molar-refractivity contribution in [2.45, 2.75) is 19.5 Å². The number of halogens is 2. The van der Waals surface area contributed by atoms with Gasteiger partial charge in [-0.1, -0.05) is 12.1 Å². The lowest BCUT2D eigenvalue weighted by Gasteiger charge is -2.24. The summed E-state index contributed by atoms with van der Waals surface area (Å²) >= 11 is 5.08. The monoisotopic (exact) mass is 342 g/mol.